The van der Waals surface area contributed by atoms with E-state index < -0.39 is 24.5 Å². The zero-order valence-electron chi connectivity index (χ0n) is 13.1. The van der Waals surface area contributed by atoms with Crippen molar-refractivity contribution in [2.45, 2.75) is 12.8 Å². The number of carbonyl (C=O) groups is 3. The maximum absolute atomic E-state index is 11.9. The third-order valence-electron chi connectivity index (χ3n) is 3.13. The molecule has 0 saturated carbocycles. The predicted molar refractivity (Wildman–Crippen MR) is 84.4 cm³/mol. The van der Waals surface area contributed by atoms with E-state index >= 15 is 0 Å². The lowest BCUT2D eigenvalue weighted by Gasteiger charge is -2.09. The predicted octanol–water partition coefficient (Wildman–Crippen LogP) is 2.18. The van der Waals surface area contributed by atoms with Crippen molar-refractivity contribution >= 4 is 23.5 Å². The molecule has 0 saturated heterocycles. The summed E-state index contributed by atoms with van der Waals surface area (Å²) in [5.74, 6) is -0.953. The van der Waals surface area contributed by atoms with Crippen molar-refractivity contribution in [2.75, 3.05) is 19.0 Å². The van der Waals surface area contributed by atoms with Crippen LogP contribution in [0.3, 0.4) is 0 Å². The van der Waals surface area contributed by atoms with E-state index in [0.29, 0.717) is 17.9 Å². The number of benzene rings is 1. The first-order valence-corrected chi connectivity index (χ1v) is 7.25. The summed E-state index contributed by atoms with van der Waals surface area (Å²) in [6, 6.07) is 9.88. The van der Waals surface area contributed by atoms with Gasteiger partial charge in [0, 0.05) is 6.42 Å². The third kappa shape index (κ3) is 4.98. The van der Waals surface area contributed by atoms with Crippen LogP contribution < -0.4 is 5.32 Å². The molecule has 24 heavy (non-hydrogen) atoms. The smallest absolute Gasteiger partial charge is 0.339 e. The first kappa shape index (κ1) is 17.3. The van der Waals surface area contributed by atoms with Crippen LogP contribution >= 0.6 is 0 Å². The Morgan fingerprint density at radius 3 is 2.62 bits per heavy atom. The lowest BCUT2D eigenvalue weighted by atomic mass is 10.2. The number of para-hydroxylation sites is 1. The van der Waals surface area contributed by atoms with E-state index in [0.717, 1.165) is 0 Å². The number of ether oxygens (including phenoxy) is 2. The Balaban J connectivity index is 1.81. The quantitative estimate of drug-likeness (QED) is 0.781. The molecule has 1 aromatic carbocycles. The van der Waals surface area contributed by atoms with Crippen LogP contribution in [0.5, 0.6) is 0 Å². The van der Waals surface area contributed by atoms with Gasteiger partial charge < -0.3 is 19.2 Å². The fraction of sp³-hybridized carbons (Fsp3) is 0.235. The van der Waals surface area contributed by atoms with Crippen LogP contribution in [0.2, 0.25) is 0 Å². The molecule has 0 fully saturated rings. The van der Waals surface area contributed by atoms with E-state index in [9.17, 15) is 14.4 Å². The summed E-state index contributed by atoms with van der Waals surface area (Å²) >= 11 is 0. The lowest BCUT2D eigenvalue weighted by molar-refractivity contribution is -0.147. The van der Waals surface area contributed by atoms with Gasteiger partial charge in [-0.3, -0.25) is 9.59 Å². The number of aryl methyl sites for hydroxylation is 1. The van der Waals surface area contributed by atoms with E-state index in [2.05, 4.69) is 10.1 Å². The Morgan fingerprint density at radius 1 is 1.12 bits per heavy atom. The number of furan rings is 1. The van der Waals surface area contributed by atoms with Crippen LogP contribution in [-0.2, 0) is 25.5 Å². The Hall–Kier alpha value is -3.09. The van der Waals surface area contributed by atoms with E-state index in [4.69, 9.17) is 9.15 Å². The number of hydrogen-bond donors (Lipinski definition) is 1. The van der Waals surface area contributed by atoms with Crippen LogP contribution in [-0.4, -0.2) is 31.6 Å². The monoisotopic (exact) mass is 331 g/mol. The SMILES string of the molecule is COC(=O)c1ccccc1NC(=O)COC(=O)CCc1ccco1. The summed E-state index contributed by atoms with van der Waals surface area (Å²) < 4.78 is 14.6. The molecule has 2 aromatic rings. The van der Waals surface area contributed by atoms with Crippen LogP contribution in [0, 0.1) is 0 Å². The minimum absolute atomic E-state index is 0.111. The number of rotatable bonds is 7. The van der Waals surface area contributed by atoms with Crippen molar-refractivity contribution in [3.05, 3.63) is 54.0 Å². The van der Waals surface area contributed by atoms with Gasteiger partial charge in [-0.2, -0.15) is 0 Å². The second-order valence-electron chi connectivity index (χ2n) is 4.83. The highest BCUT2D eigenvalue weighted by Crippen LogP contribution is 2.15. The molecule has 0 atom stereocenters. The molecule has 0 unspecified atom stereocenters. The van der Waals surface area contributed by atoms with Gasteiger partial charge in [0.2, 0.25) is 0 Å². The van der Waals surface area contributed by atoms with Gasteiger partial charge in [0.1, 0.15) is 5.76 Å². The summed E-state index contributed by atoms with van der Waals surface area (Å²) in [7, 11) is 1.25. The van der Waals surface area contributed by atoms with Crippen LogP contribution in [0.1, 0.15) is 22.5 Å². The zero-order valence-corrected chi connectivity index (χ0v) is 13.1. The molecule has 126 valence electrons. The zero-order chi connectivity index (χ0) is 17.4. The standard InChI is InChI=1S/C17H17NO6/c1-22-17(21)13-6-2-3-7-14(13)18-15(19)11-24-16(20)9-8-12-5-4-10-23-12/h2-7,10H,8-9,11H2,1H3,(H,18,19). The second-order valence-corrected chi connectivity index (χ2v) is 4.83. The number of hydrogen-bond acceptors (Lipinski definition) is 6. The summed E-state index contributed by atoms with van der Waals surface area (Å²) in [5, 5.41) is 2.52. The lowest BCUT2D eigenvalue weighted by Crippen LogP contribution is -2.22. The van der Waals surface area contributed by atoms with Crippen molar-refractivity contribution in [1.29, 1.82) is 0 Å². The van der Waals surface area contributed by atoms with Crippen LogP contribution in [0.15, 0.2) is 47.1 Å². The average molecular weight is 331 g/mol. The summed E-state index contributed by atoms with van der Waals surface area (Å²) in [6.45, 7) is -0.438. The van der Waals surface area contributed by atoms with Crippen molar-refractivity contribution in [2.24, 2.45) is 0 Å². The highest BCUT2D eigenvalue weighted by atomic mass is 16.5. The largest absolute Gasteiger partial charge is 0.469 e. The normalized spacial score (nSPS) is 10.0. The van der Waals surface area contributed by atoms with Gasteiger partial charge in [-0.15, -0.1) is 0 Å². The van der Waals surface area contributed by atoms with Gasteiger partial charge in [0.15, 0.2) is 6.61 Å². The molecule has 1 N–H and O–H groups in total. The molecule has 0 aliphatic heterocycles. The molecule has 2 rings (SSSR count). The third-order valence-corrected chi connectivity index (χ3v) is 3.13. The van der Waals surface area contributed by atoms with Gasteiger partial charge in [-0.05, 0) is 24.3 Å². The van der Waals surface area contributed by atoms with Crippen LogP contribution in [0.4, 0.5) is 5.69 Å². The molecule has 0 aliphatic carbocycles. The molecule has 7 heteroatoms. The van der Waals surface area contributed by atoms with E-state index in [1.165, 1.54) is 19.4 Å². The number of anilines is 1. The number of esters is 2. The fourth-order valence-electron chi connectivity index (χ4n) is 1.96. The average Bonchev–Trinajstić information content (AvgIpc) is 3.11. The number of nitrogens with one attached hydrogen (secondary N) is 1. The van der Waals surface area contributed by atoms with E-state index in [1.54, 1.807) is 30.3 Å². The molecule has 1 heterocycles. The first-order valence-electron chi connectivity index (χ1n) is 7.25. The second kappa shape index (κ2) is 8.52. The highest BCUT2D eigenvalue weighted by molar-refractivity contribution is 6.01. The van der Waals surface area contributed by atoms with Crippen LogP contribution in [0.25, 0.3) is 0 Å². The minimum Gasteiger partial charge on any atom is -0.469 e. The van der Waals surface area contributed by atoms with Gasteiger partial charge in [-0.1, -0.05) is 12.1 Å². The Morgan fingerprint density at radius 2 is 1.92 bits per heavy atom. The molecule has 0 bridgehead atoms. The summed E-state index contributed by atoms with van der Waals surface area (Å²) in [4.78, 5) is 35.1. The van der Waals surface area contributed by atoms with Gasteiger partial charge >= 0.3 is 11.9 Å². The summed E-state index contributed by atoms with van der Waals surface area (Å²) in [6.07, 6.45) is 2.03. The fourth-order valence-corrected chi connectivity index (χ4v) is 1.96. The number of methoxy groups -OCH3 is 1. The molecule has 0 aliphatic rings. The highest BCUT2D eigenvalue weighted by Gasteiger charge is 2.14. The maximum atomic E-state index is 11.9. The Kier molecular flexibility index (Phi) is 6.13. The van der Waals surface area contributed by atoms with Crippen molar-refractivity contribution in [3.8, 4) is 0 Å². The molecule has 1 amide bonds. The van der Waals surface area contributed by atoms with Gasteiger partial charge in [0.25, 0.3) is 5.91 Å². The maximum Gasteiger partial charge on any atom is 0.339 e. The number of amides is 1. The van der Waals surface area contributed by atoms with E-state index in [1.807, 2.05) is 0 Å². The van der Waals surface area contributed by atoms with E-state index in [-0.39, 0.29) is 12.0 Å². The number of carbonyl (C=O) groups excluding carboxylic acids is 3. The first-order chi connectivity index (χ1) is 11.6. The molecule has 7 nitrogen and oxygen atoms in total. The minimum atomic E-state index is -0.568. The van der Waals surface area contributed by atoms with Gasteiger partial charge in [0.05, 0.1) is 31.0 Å². The Bertz CT molecular complexity index is 708. The van der Waals surface area contributed by atoms with Crippen molar-refractivity contribution < 1.29 is 28.3 Å². The molecule has 0 spiro atoms. The van der Waals surface area contributed by atoms with Crippen molar-refractivity contribution in [1.82, 2.24) is 0 Å². The Labute approximate surface area is 138 Å². The molecule has 0 radical (unpaired) electrons. The van der Waals surface area contributed by atoms with Crippen molar-refractivity contribution in [3.63, 3.8) is 0 Å². The molecule has 1 aromatic heterocycles. The topological polar surface area (TPSA) is 94.8 Å². The molecular formula is C17H17NO6. The van der Waals surface area contributed by atoms with Gasteiger partial charge in [-0.25, -0.2) is 4.79 Å². The summed E-state index contributed by atoms with van der Waals surface area (Å²) in [5.41, 5.74) is 0.512. The molecular weight excluding hydrogens is 314 g/mol.